The SMILES string of the molecule is CC1=CC(C)(C)N(CCCC/C=C\C=C/CCCC[n+]2ccc(C)cc2C)C=C1. The van der Waals surface area contributed by atoms with E-state index in [0.29, 0.717) is 0 Å². The fourth-order valence-corrected chi connectivity index (χ4v) is 3.93. The van der Waals surface area contributed by atoms with Crippen molar-refractivity contribution in [3.63, 3.8) is 0 Å². The maximum Gasteiger partial charge on any atom is 0.178 e. The molecule has 0 spiro atoms. The van der Waals surface area contributed by atoms with Crippen LogP contribution in [0.5, 0.6) is 0 Å². The second kappa shape index (κ2) is 11.8. The second-order valence-electron chi connectivity index (χ2n) is 8.94. The molecular weight excluding hydrogens is 352 g/mol. The van der Waals surface area contributed by atoms with Gasteiger partial charge in [-0.1, -0.05) is 36.0 Å². The zero-order valence-corrected chi connectivity index (χ0v) is 19.3. The van der Waals surface area contributed by atoms with Gasteiger partial charge in [0.05, 0.1) is 5.54 Å². The lowest BCUT2D eigenvalue weighted by Crippen LogP contribution is -2.40. The van der Waals surface area contributed by atoms with E-state index in [1.807, 2.05) is 0 Å². The summed E-state index contributed by atoms with van der Waals surface area (Å²) >= 11 is 0. The van der Waals surface area contributed by atoms with Crippen LogP contribution in [0.2, 0.25) is 0 Å². The lowest BCUT2D eigenvalue weighted by molar-refractivity contribution is -0.703. The van der Waals surface area contributed by atoms with Crippen molar-refractivity contribution >= 4 is 0 Å². The van der Waals surface area contributed by atoms with Crippen molar-refractivity contribution in [1.82, 2.24) is 4.90 Å². The third-order valence-electron chi connectivity index (χ3n) is 5.67. The van der Waals surface area contributed by atoms with Crippen molar-refractivity contribution in [2.75, 3.05) is 6.54 Å². The molecule has 0 aromatic carbocycles. The number of hydrogen-bond acceptors (Lipinski definition) is 1. The molecule has 0 fully saturated rings. The average Bonchev–Trinajstić information content (AvgIpc) is 2.65. The van der Waals surface area contributed by atoms with Gasteiger partial charge in [-0.3, -0.25) is 0 Å². The molecule has 0 bridgehead atoms. The summed E-state index contributed by atoms with van der Waals surface area (Å²) in [6.45, 7) is 13.4. The van der Waals surface area contributed by atoms with E-state index in [1.54, 1.807) is 0 Å². The zero-order valence-electron chi connectivity index (χ0n) is 19.3. The Morgan fingerprint density at radius 3 is 2.31 bits per heavy atom. The smallest absolute Gasteiger partial charge is 0.178 e. The van der Waals surface area contributed by atoms with Crippen LogP contribution in [0.4, 0.5) is 0 Å². The van der Waals surface area contributed by atoms with E-state index in [4.69, 9.17) is 0 Å². The van der Waals surface area contributed by atoms with Crippen LogP contribution in [0.25, 0.3) is 0 Å². The minimum Gasteiger partial charge on any atom is -0.369 e. The molecule has 2 heteroatoms. The van der Waals surface area contributed by atoms with Gasteiger partial charge in [-0.2, -0.15) is 0 Å². The molecule has 0 atom stereocenters. The molecule has 2 rings (SSSR count). The largest absolute Gasteiger partial charge is 0.369 e. The van der Waals surface area contributed by atoms with Gasteiger partial charge >= 0.3 is 0 Å². The van der Waals surface area contributed by atoms with Gasteiger partial charge in [-0.25, -0.2) is 4.57 Å². The van der Waals surface area contributed by atoms with E-state index < -0.39 is 0 Å². The fraction of sp³-hybridized carbons (Fsp3) is 0.519. The van der Waals surface area contributed by atoms with Crippen LogP contribution < -0.4 is 4.57 Å². The van der Waals surface area contributed by atoms with Crippen LogP contribution in [0.3, 0.4) is 0 Å². The Labute approximate surface area is 179 Å². The van der Waals surface area contributed by atoms with Crippen LogP contribution in [0, 0.1) is 13.8 Å². The van der Waals surface area contributed by atoms with Crippen LogP contribution in [0.15, 0.2) is 66.6 Å². The standard InChI is InChI=1S/C27H41N2/c1-24-16-20-28(26(3)22-24)18-14-12-10-8-6-7-9-11-13-15-19-29-21-17-25(2)23-27(29,4)5/h6-9,16-17,20-23H,10-15,18-19H2,1-5H3/q+1/b8-6-,9-7-. The third kappa shape index (κ3) is 8.43. The summed E-state index contributed by atoms with van der Waals surface area (Å²) in [5, 5.41) is 0. The van der Waals surface area contributed by atoms with Crippen molar-refractivity contribution in [1.29, 1.82) is 0 Å². The minimum atomic E-state index is 0.147. The monoisotopic (exact) mass is 393 g/mol. The Bertz CT molecular complexity index is 750. The second-order valence-corrected chi connectivity index (χ2v) is 8.94. The zero-order chi connectivity index (χ0) is 21.1. The lowest BCUT2D eigenvalue weighted by Gasteiger charge is -2.38. The highest BCUT2D eigenvalue weighted by molar-refractivity contribution is 5.26. The Balaban J connectivity index is 1.51. The van der Waals surface area contributed by atoms with Crippen LogP contribution in [-0.2, 0) is 6.54 Å². The molecule has 2 heterocycles. The van der Waals surface area contributed by atoms with Crippen LogP contribution >= 0.6 is 0 Å². The topological polar surface area (TPSA) is 7.12 Å². The van der Waals surface area contributed by atoms with Gasteiger partial charge in [-0.05, 0) is 71.4 Å². The number of aromatic nitrogens is 1. The number of rotatable bonds is 11. The number of unbranched alkanes of at least 4 members (excludes halogenated alkanes) is 4. The summed E-state index contributed by atoms with van der Waals surface area (Å²) in [5.41, 5.74) is 4.21. The minimum absolute atomic E-state index is 0.147. The van der Waals surface area contributed by atoms with E-state index in [2.05, 4.69) is 105 Å². The van der Waals surface area contributed by atoms with E-state index in [9.17, 15) is 0 Å². The summed E-state index contributed by atoms with van der Waals surface area (Å²) in [4.78, 5) is 2.46. The molecule has 29 heavy (non-hydrogen) atoms. The molecule has 1 aromatic rings. The molecule has 0 saturated carbocycles. The van der Waals surface area contributed by atoms with Crippen molar-refractivity contribution in [2.24, 2.45) is 0 Å². The van der Waals surface area contributed by atoms with E-state index in [-0.39, 0.29) is 5.54 Å². The van der Waals surface area contributed by atoms with E-state index in [1.165, 1.54) is 55.4 Å². The van der Waals surface area contributed by atoms with Gasteiger partial charge in [0.1, 0.15) is 6.54 Å². The summed E-state index contributed by atoms with van der Waals surface area (Å²) in [7, 11) is 0. The quantitative estimate of drug-likeness (QED) is 0.233. The van der Waals surface area contributed by atoms with Crippen molar-refractivity contribution in [2.45, 2.75) is 85.2 Å². The summed E-state index contributed by atoms with van der Waals surface area (Å²) in [5.74, 6) is 0. The molecule has 1 aliphatic heterocycles. The van der Waals surface area contributed by atoms with Gasteiger partial charge in [0.2, 0.25) is 0 Å². The number of hydrogen-bond donors (Lipinski definition) is 0. The van der Waals surface area contributed by atoms with Crippen molar-refractivity contribution < 1.29 is 4.57 Å². The Kier molecular flexibility index (Phi) is 9.44. The lowest BCUT2D eigenvalue weighted by atomic mass is 9.96. The van der Waals surface area contributed by atoms with E-state index in [0.717, 1.165) is 13.1 Å². The first kappa shape index (κ1) is 23.2. The van der Waals surface area contributed by atoms with Gasteiger partial charge < -0.3 is 4.90 Å². The van der Waals surface area contributed by atoms with Gasteiger partial charge in [0.15, 0.2) is 11.9 Å². The van der Waals surface area contributed by atoms with Gasteiger partial charge in [-0.15, -0.1) is 0 Å². The molecule has 0 N–H and O–H groups in total. The highest BCUT2D eigenvalue weighted by atomic mass is 15.2. The Morgan fingerprint density at radius 1 is 0.966 bits per heavy atom. The number of pyridine rings is 1. The molecule has 2 nitrogen and oxygen atoms in total. The fourth-order valence-electron chi connectivity index (χ4n) is 3.93. The molecule has 158 valence electrons. The van der Waals surface area contributed by atoms with Gasteiger partial charge in [0.25, 0.3) is 0 Å². The number of nitrogens with zero attached hydrogens (tertiary/aromatic N) is 2. The molecule has 1 aliphatic rings. The summed E-state index contributed by atoms with van der Waals surface area (Å²) in [6.07, 6.45) is 25.4. The van der Waals surface area contributed by atoms with Crippen molar-refractivity contribution in [3.05, 3.63) is 77.8 Å². The predicted molar refractivity (Wildman–Crippen MR) is 126 cm³/mol. The normalized spacial score (nSPS) is 16.2. The molecule has 0 aliphatic carbocycles. The van der Waals surface area contributed by atoms with E-state index >= 15 is 0 Å². The first-order chi connectivity index (χ1) is 13.9. The highest BCUT2D eigenvalue weighted by Crippen LogP contribution is 2.24. The molecule has 0 saturated heterocycles. The average molecular weight is 394 g/mol. The first-order valence-corrected chi connectivity index (χ1v) is 11.3. The predicted octanol–water partition coefficient (Wildman–Crippen LogP) is 6.60. The summed E-state index contributed by atoms with van der Waals surface area (Å²) < 4.78 is 2.36. The molecule has 0 radical (unpaired) electrons. The molecular formula is C27H41N2+. The molecule has 1 aromatic heterocycles. The Morgan fingerprint density at radius 2 is 1.66 bits per heavy atom. The van der Waals surface area contributed by atoms with Crippen LogP contribution in [0.1, 0.15) is 70.6 Å². The number of aryl methyl sites for hydroxylation is 3. The maximum atomic E-state index is 2.46. The van der Waals surface area contributed by atoms with Crippen LogP contribution in [-0.4, -0.2) is 17.0 Å². The number of allylic oxidation sites excluding steroid dienone is 6. The Hall–Kier alpha value is -2.09. The molecule has 0 amide bonds. The molecule has 0 unspecified atom stereocenters. The van der Waals surface area contributed by atoms with Gasteiger partial charge in [0, 0.05) is 38.2 Å². The maximum absolute atomic E-state index is 2.46. The summed E-state index contributed by atoms with van der Waals surface area (Å²) in [6, 6.07) is 4.45. The van der Waals surface area contributed by atoms with Crippen molar-refractivity contribution in [3.8, 4) is 0 Å². The first-order valence-electron chi connectivity index (χ1n) is 11.3. The highest BCUT2D eigenvalue weighted by Gasteiger charge is 2.23. The third-order valence-corrected chi connectivity index (χ3v) is 5.67.